The number of benzene rings is 2. The number of amides is 1. The summed E-state index contributed by atoms with van der Waals surface area (Å²) in [6, 6.07) is 17.7. The third kappa shape index (κ3) is 5.02. The van der Waals surface area contributed by atoms with E-state index in [2.05, 4.69) is 20.4 Å². The lowest BCUT2D eigenvalue weighted by Gasteiger charge is -2.08. The minimum Gasteiger partial charge on any atom is -0.497 e. The van der Waals surface area contributed by atoms with Gasteiger partial charge in [0.2, 0.25) is 4.96 Å². The van der Waals surface area contributed by atoms with Crippen LogP contribution in [-0.4, -0.2) is 39.2 Å². The summed E-state index contributed by atoms with van der Waals surface area (Å²) < 4.78 is 12.5. The van der Waals surface area contributed by atoms with Gasteiger partial charge in [0.05, 0.1) is 11.6 Å². The first-order valence-corrected chi connectivity index (χ1v) is 11.4. The van der Waals surface area contributed by atoms with Gasteiger partial charge in [0.1, 0.15) is 11.5 Å². The molecule has 0 bridgehead atoms. The number of nitrogens with zero attached hydrogens (tertiary/aromatic N) is 4. The number of methoxy groups -OCH3 is 1. The van der Waals surface area contributed by atoms with Crippen molar-refractivity contribution >= 4 is 34.0 Å². The van der Waals surface area contributed by atoms with E-state index in [4.69, 9.17) is 9.47 Å². The van der Waals surface area contributed by atoms with Crippen molar-refractivity contribution in [2.24, 2.45) is 0 Å². The maximum atomic E-state index is 12.8. The molecule has 0 fully saturated rings. The number of hydrogen-bond donors (Lipinski definition) is 1. The average Bonchev–Trinajstić information content (AvgIpc) is 3.44. The topological polar surface area (TPSA) is 108 Å². The highest BCUT2D eigenvalue weighted by Gasteiger charge is 2.12. The van der Waals surface area contributed by atoms with Gasteiger partial charge in [0, 0.05) is 23.6 Å². The molecule has 0 radical (unpaired) electrons. The van der Waals surface area contributed by atoms with E-state index in [1.165, 1.54) is 15.9 Å². The molecule has 9 nitrogen and oxygen atoms in total. The maximum absolute atomic E-state index is 12.8. The quantitative estimate of drug-likeness (QED) is 0.378. The zero-order valence-electron chi connectivity index (χ0n) is 18.5. The van der Waals surface area contributed by atoms with Gasteiger partial charge >= 0.3 is 0 Å². The molecule has 0 saturated heterocycles. The van der Waals surface area contributed by atoms with Gasteiger partial charge in [-0.05, 0) is 60.2 Å². The van der Waals surface area contributed by atoms with E-state index < -0.39 is 0 Å². The third-order valence-electron chi connectivity index (χ3n) is 5.04. The Bertz CT molecular complexity index is 1580. The fraction of sp³-hybridized carbons (Fsp3) is 0.0800. The van der Waals surface area contributed by atoms with Crippen molar-refractivity contribution in [2.75, 3.05) is 19.0 Å². The zero-order chi connectivity index (χ0) is 24.2. The van der Waals surface area contributed by atoms with Crippen LogP contribution in [0.3, 0.4) is 0 Å². The first-order chi connectivity index (χ1) is 17.1. The molecular weight excluding hydrogens is 466 g/mol. The number of anilines is 1. The molecule has 5 aromatic rings. The highest BCUT2D eigenvalue weighted by atomic mass is 32.1. The molecule has 1 N–H and O–H groups in total. The molecule has 35 heavy (non-hydrogen) atoms. The van der Waals surface area contributed by atoms with Gasteiger partial charge in [-0.15, -0.1) is 5.10 Å². The van der Waals surface area contributed by atoms with Crippen LogP contribution in [0.25, 0.3) is 22.4 Å². The van der Waals surface area contributed by atoms with E-state index in [0.717, 1.165) is 11.1 Å². The molecule has 0 aliphatic heterocycles. The van der Waals surface area contributed by atoms with Crippen molar-refractivity contribution in [2.45, 2.75) is 0 Å². The molecule has 10 heteroatoms. The number of ether oxygens (including phenoxy) is 2. The summed E-state index contributed by atoms with van der Waals surface area (Å²) >= 11 is 1.27. The fourth-order valence-corrected chi connectivity index (χ4v) is 4.20. The molecular formula is C25H19N5O4S. The second kappa shape index (κ2) is 9.74. The Balaban J connectivity index is 1.24. The zero-order valence-corrected chi connectivity index (χ0v) is 19.4. The summed E-state index contributed by atoms with van der Waals surface area (Å²) in [6.45, 7) is -0.132. The normalized spacial score (nSPS) is 11.5. The van der Waals surface area contributed by atoms with E-state index in [0.29, 0.717) is 32.5 Å². The minimum atomic E-state index is -0.276. The highest BCUT2D eigenvalue weighted by molar-refractivity contribution is 7.15. The van der Waals surface area contributed by atoms with Gasteiger partial charge in [-0.25, -0.2) is 0 Å². The van der Waals surface area contributed by atoms with E-state index in [-0.39, 0.29) is 18.1 Å². The van der Waals surface area contributed by atoms with Crippen LogP contribution in [-0.2, 0) is 4.79 Å². The van der Waals surface area contributed by atoms with Crippen LogP contribution in [0, 0.1) is 0 Å². The highest BCUT2D eigenvalue weighted by Crippen LogP contribution is 2.17. The molecule has 3 heterocycles. The molecule has 3 aromatic heterocycles. The third-order valence-corrected chi connectivity index (χ3v) is 6.00. The lowest BCUT2D eigenvalue weighted by Crippen LogP contribution is -2.23. The van der Waals surface area contributed by atoms with E-state index >= 15 is 0 Å². The first-order valence-electron chi connectivity index (χ1n) is 10.6. The Labute approximate surface area is 203 Å². The molecule has 174 valence electrons. The van der Waals surface area contributed by atoms with Crippen LogP contribution in [0.5, 0.6) is 11.5 Å². The monoisotopic (exact) mass is 485 g/mol. The minimum absolute atomic E-state index is 0.132. The van der Waals surface area contributed by atoms with Crippen molar-refractivity contribution < 1.29 is 14.3 Å². The summed E-state index contributed by atoms with van der Waals surface area (Å²) in [5, 5.41) is 7.09. The number of carbonyl (C=O) groups is 1. The van der Waals surface area contributed by atoms with Crippen LogP contribution in [0.1, 0.15) is 5.56 Å². The number of carbonyl (C=O) groups excluding carboxylic acids is 1. The van der Waals surface area contributed by atoms with Crippen molar-refractivity contribution in [3.05, 3.63) is 93.5 Å². The number of nitrogens with one attached hydrogen (secondary N) is 1. The Hall–Kier alpha value is -4.57. The second-order valence-corrected chi connectivity index (χ2v) is 8.42. The lowest BCUT2D eigenvalue weighted by molar-refractivity contribution is -0.118. The fourth-order valence-electron chi connectivity index (χ4n) is 3.29. The Morgan fingerprint density at radius 2 is 1.74 bits per heavy atom. The number of thiazole rings is 1. The molecule has 5 rings (SSSR count). The molecule has 0 aliphatic rings. The predicted octanol–water partition coefficient (Wildman–Crippen LogP) is 2.79. The van der Waals surface area contributed by atoms with Gasteiger partial charge in [0.15, 0.2) is 12.4 Å². The van der Waals surface area contributed by atoms with Gasteiger partial charge < -0.3 is 14.8 Å². The second-order valence-electron chi connectivity index (χ2n) is 7.42. The molecule has 0 aliphatic carbocycles. The number of rotatable bonds is 7. The van der Waals surface area contributed by atoms with Crippen molar-refractivity contribution in [1.29, 1.82) is 0 Å². The summed E-state index contributed by atoms with van der Waals surface area (Å²) in [4.78, 5) is 33.9. The van der Waals surface area contributed by atoms with Crippen molar-refractivity contribution in [1.82, 2.24) is 19.6 Å². The number of aromatic nitrogens is 4. The summed E-state index contributed by atoms with van der Waals surface area (Å²) in [6.07, 6.45) is 5.08. The van der Waals surface area contributed by atoms with Gasteiger partial charge in [-0.3, -0.25) is 14.6 Å². The van der Waals surface area contributed by atoms with Crippen LogP contribution >= 0.6 is 11.3 Å². The smallest absolute Gasteiger partial charge is 0.291 e. The lowest BCUT2D eigenvalue weighted by atomic mass is 10.2. The van der Waals surface area contributed by atoms with E-state index in [1.54, 1.807) is 74.1 Å². The Morgan fingerprint density at radius 3 is 2.43 bits per heavy atom. The van der Waals surface area contributed by atoms with E-state index in [1.807, 2.05) is 12.1 Å². The van der Waals surface area contributed by atoms with Crippen LogP contribution in [0.2, 0.25) is 0 Å². The SMILES string of the molecule is COc1ccc(NC(=O)COc2ccc(/C=c3\sc4nc(-c5ccncc5)nn4c3=O)cc2)cc1. The van der Waals surface area contributed by atoms with Crippen molar-refractivity contribution in [3.63, 3.8) is 0 Å². The predicted molar refractivity (Wildman–Crippen MR) is 133 cm³/mol. The van der Waals surface area contributed by atoms with Gasteiger partial charge in [-0.2, -0.15) is 9.50 Å². The van der Waals surface area contributed by atoms with Crippen LogP contribution in [0.4, 0.5) is 5.69 Å². The van der Waals surface area contributed by atoms with Crippen molar-refractivity contribution in [3.8, 4) is 22.9 Å². The average molecular weight is 486 g/mol. The maximum Gasteiger partial charge on any atom is 0.291 e. The number of fused-ring (bicyclic) bond motifs is 1. The van der Waals surface area contributed by atoms with Crippen LogP contribution in [0.15, 0.2) is 77.9 Å². The first kappa shape index (κ1) is 22.2. The molecule has 0 atom stereocenters. The summed E-state index contributed by atoms with van der Waals surface area (Å²) in [5.74, 6) is 1.46. The largest absolute Gasteiger partial charge is 0.497 e. The Morgan fingerprint density at radius 1 is 1.03 bits per heavy atom. The number of pyridine rings is 1. The van der Waals surface area contributed by atoms with E-state index in [9.17, 15) is 9.59 Å². The van der Waals surface area contributed by atoms with Crippen LogP contribution < -0.4 is 24.9 Å². The molecule has 0 spiro atoms. The molecule has 0 saturated carbocycles. The summed E-state index contributed by atoms with van der Waals surface area (Å²) in [5.41, 5.74) is 2.04. The summed E-state index contributed by atoms with van der Waals surface area (Å²) in [7, 11) is 1.58. The Kier molecular flexibility index (Phi) is 6.18. The standard InChI is InChI=1S/C25H19N5O4S/c1-33-19-8-4-18(5-9-19)27-22(31)15-34-20-6-2-16(3-7-20)14-21-24(32)30-25(35-21)28-23(29-30)17-10-12-26-13-11-17/h2-14H,15H2,1H3,(H,27,31)/b21-14-. The number of hydrogen-bond acceptors (Lipinski definition) is 8. The molecule has 1 amide bonds. The molecule has 0 unspecified atom stereocenters. The van der Waals surface area contributed by atoms with Gasteiger partial charge in [-0.1, -0.05) is 23.5 Å². The molecule has 2 aromatic carbocycles. The van der Waals surface area contributed by atoms with Gasteiger partial charge in [0.25, 0.3) is 11.5 Å².